The molecule has 4 heterocycles. The van der Waals surface area contributed by atoms with Gasteiger partial charge in [0.15, 0.2) is 5.52 Å². The van der Waals surface area contributed by atoms with Crippen LogP contribution in [0.15, 0.2) is 27.9 Å². The largest absolute Gasteiger partial charge is 0.493 e. The summed E-state index contributed by atoms with van der Waals surface area (Å²) in [4.78, 5) is 35.4. The predicted octanol–water partition coefficient (Wildman–Crippen LogP) is 3.88. The molecular weight excluding hydrogens is 596 g/mol. The fourth-order valence-corrected chi connectivity index (χ4v) is 7.87. The Morgan fingerprint density at radius 2 is 1.84 bits per heavy atom. The quantitative estimate of drug-likeness (QED) is 0.275. The lowest BCUT2D eigenvalue weighted by atomic mass is 9.93. The maximum atomic E-state index is 13.8. The molecule has 1 aromatic carbocycles. The number of likely N-dealkylation sites (tertiary alicyclic amines) is 1. The molecule has 45 heavy (non-hydrogen) atoms. The predicted molar refractivity (Wildman–Crippen MR) is 172 cm³/mol. The lowest BCUT2D eigenvalue weighted by Gasteiger charge is -2.31. The molecule has 0 atom stereocenters. The summed E-state index contributed by atoms with van der Waals surface area (Å²) >= 11 is 0. The molecule has 2 aliphatic heterocycles. The van der Waals surface area contributed by atoms with Gasteiger partial charge in [0.25, 0.3) is 5.56 Å². The lowest BCUT2D eigenvalue weighted by molar-refractivity contribution is -0.144. The smallest absolute Gasteiger partial charge is 0.305 e. The first-order valence-corrected chi connectivity index (χ1v) is 17.8. The van der Waals surface area contributed by atoms with E-state index >= 15 is 0 Å². The number of esters is 1. The molecule has 0 unspecified atom stereocenters. The van der Waals surface area contributed by atoms with Gasteiger partial charge in [-0.15, -0.1) is 0 Å². The van der Waals surface area contributed by atoms with Gasteiger partial charge in [-0.1, -0.05) is 19.8 Å². The minimum Gasteiger partial charge on any atom is -0.493 e. The van der Waals surface area contributed by atoms with Crippen molar-refractivity contribution in [2.75, 3.05) is 45.9 Å². The molecule has 0 spiro atoms. The maximum Gasteiger partial charge on any atom is 0.305 e. The lowest BCUT2D eigenvalue weighted by Crippen LogP contribution is -2.38. The zero-order chi connectivity index (χ0) is 32.0. The van der Waals surface area contributed by atoms with Crippen LogP contribution in [-0.2, 0) is 33.0 Å². The van der Waals surface area contributed by atoms with E-state index in [9.17, 15) is 18.0 Å². The van der Waals surface area contributed by atoms with Crippen molar-refractivity contribution in [3.63, 3.8) is 0 Å². The van der Waals surface area contributed by atoms with E-state index in [-0.39, 0.29) is 28.2 Å². The normalized spacial score (nSPS) is 17.1. The molecule has 2 fully saturated rings. The molecule has 2 aliphatic rings. The van der Waals surface area contributed by atoms with E-state index in [1.54, 1.807) is 19.2 Å². The zero-order valence-electron chi connectivity index (χ0n) is 26.7. The van der Waals surface area contributed by atoms with Gasteiger partial charge in [-0.2, -0.15) is 9.40 Å². The molecule has 12 nitrogen and oxygen atoms in total. The highest BCUT2D eigenvalue weighted by Gasteiger charge is 2.31. The Hall–Kier alpha value is -3.29. The van der Waals surface area contributed by atoms with Crippen LogP contribution in [-0.4, -0.2) is 89.3 Å². The highest BCUT2D eigenvalue weighted by molar-refractivity contribution is 7.89. The van der Waals surface area contributed by atoms with Crippen molar-refractivity contribution >= 4 is 27.0 Å². The number of hydrogen-bond donors (Lipinski definition) is 1. The second-order valence-corrected chi connectivity index (χ2v) is 14.0. The number of aryl methyl sites for hydroxylation is 2. The van der Waals surface area contributed by atoms with Crippen molar-refractivity contribution in [1.29, 1.82) is 0 Å². The Morgan fingerprint density at radius 3 is 2.56 bits per heavy atom. The van der Waals surface area contributed by atoms with E-state index in [0.29, 0.717) is 80.8 Å². The van der Waals surface area contributed by atoms with Crippen molar-refractivity contribution < 1.29 is 22.7 Å². The van der Waals surface area contributed by atoms with E-state index in [2.05, 4.69) is 15.0 Å². The number of aromatic nitrogens is 4. The molecule has 0 bridgehead atoms. The number of nitrogens with one attached hydrogen (secondary N) is 1. The summed E-state index contributed by atoms with van der Waals surface area (Å²) in [5.41, 5.74) is 1.64. The first kappa shape index (κ1) is 33.1. The third-order valence-corrected chi connectivity index (χ3v) is 10.7. The molecule has 13 heteroatoms. The molecular formula is C32H46N6O6S. The first-order chi connectivity index (χ1) is 21.7. The Morgan fingerprint density at radius 1 is 1.09 bits per heavy atom. The Labute approximate surface area is 265 Å². The van der Waals surface area contributed by atoms with Gasteiger partial charge in [0.2, 0.25) is 10.0 Å². The van der Waals surface area contributed by atoms with E-state index in [1.807, 2.05) is 13.8 Å². The zero-order valence-corrected chi connectivity index (χ0v) is 27.5. The van der Waals surface area contributed by atoms with Crippen LogP contribution < -0.4 is 10.3 Å². The van der Waals surface area contributed by atoms with Gasteiger partial charge in [-0.05, 0) is 82.7 Å². The van der Waals surface area contributed by atoms with E-state index in [1.165, 1.54) is 34.3 Å². The topological polar surface area (TPSA) is 140 Å². The van der Waals surface area contributed by atoms with Crippen molar-refractivity contribution in [3.8, 4) is 17.1 Å². The average molecular weight is 643 g/mol. The van der Waals surface area contributed by atoms with Gasteiger partial charge in [0, 0.05) is 33.1 Å². The monoisotopic (exact) mass is 642 g/mol. The van der Waals surface area contributed by atoms with Crippen molar-refractivity contribution in [1.82, 2.24) is 29.0 Å². The number of aromatic amines is 1. The van der Waals surface area contributed by atoms with Crippen LogP contribution in [0.4, 0.5) is 0 Å². The highest BCUT2D eigenvalue weighted by Crippen LogP contribution is 2.33. The van der Waals surface area contributed by atoms with E-state index < -0.39 is 10.0 Å². The Kier molecular flexibility index (Phi) is 10.9. The average Bonchev–Trinajstić information content (AvgIpc) is 3.36. The second-order valence-electron chi connectivity index (χ2n) is 12.0. The molecule has 1 N–H and O–H groups in total. The van der Waals surface area contributed by atoms with Crippen LogP contribution >= 0.6 is 0 Å². The molecule has 2 saturated heterocycles. The fraction of sp³-hybridized carbons (Fsp3) is 0.625. The van der Waals surface area contributed by atoms with Crippen molar-refractivity contribution in [2.24, 2.45) is 13.0 Å². The first-order valence-electron chi connectivity index (χ1n) is 16.3. The number of rotatable bonds is 13. The number of nitrogens with zero attached hydrogens (tertiary/aromatic N) is 5. The summed E-state index contributed by atoms with van der Waals surface area (Å²) in [5.74, 6) is 0.753. The third kappa shape index (κ3) is 7.75. The molecule has 3 aromatic rings. The van der Waals surface area contributed by atoms with Crippen LogP contribution in [0, 0.1) is 5.92 Å². The van der Waals surface area contributed by atoms with Crippen LogP contribution in [0.25, 0.3) is 22.4 Å². The Balaban J connectivity index is 1.25. The van der Waals surface area contributed by atoms with E-state index in [4.69, 9.17) is 14.5 Å². The number of carbonyl (C=O) groups excluding carboxylic acids is 1. The molecule has 246 valence electrons. The summed E-state index contributed by atoms with van der Waals surface area (Å²) in [5, 5.41) is 4.48. The fourth-order valence-electron chi connectivity index (χ4n) is 6.37. The molecule has 0 aliphatic carbocycles. The molecule has 5 rings (SSSR count). The number of benzene rings is 1. The second kappa shape index (κ2) is 14.9. The minimum atomic E-state index is -3.82. The van der Waals surface area contributed by atoms with Gasteiger partial charge < -0.3 is 14.5 Å². The number of ether oxygens (including phenoxy) is 2. The number of sulfonamides is 1. The summed E-state index contributed by atoms with van der Waals surface area (Å²) in [6, 6.07) is 4.70. The van der Waals surface area contributed by atoms with Crippen molar-refractivity contribution in [2.45, 2.75) is 76.5 Å². The van der Waals surface area contributed by atoms with Gasteiger partial charge in [0.05, 0.1) is 22.8 Å². The van der Waals surface area contributed by atoms with Gasteiger partial charge in [-0.3, -0.25) is 19.2 Å². The number of piperidine rings is 2. The van der Waals surface area contributed by atoms with Crippen LogP contribution in [0.1, 0.15) is 70.9 Å². The number of H-pyrrole nitrogens is 1. The van der Waals surface area contributed by atoms with Crippen LogP contribution in [0.2, 0.25) is 0 Å². The summed E-state index contributed by atoms with van der Waals surface area (Å²) < 4.78 is 41.9. The summed E-state index contributed by atoms with van der Waals surface area (Å²) in [6.45, 7) is 8.35. The van der Waals surface area contributed by atoms with Gasteiger partial charge in [-0.25, -0.2) is 13.4 Å². The standard InChI is InChI=1S/C32H46N6O6S/c1-4-9-26-29-30(36(3)35-26)32(40)34-31(33-29)25-22-24(11-12-27(25)43-5-2)45(41,42)38-18-14-23(15-19-38)10-13-28(39)44-21-20-37-16-7-6-8-17-37/h11-12,22-23H,4-10,13-21H2,1-3H3,(H,33,34,40). The van der Waals surface area contributed by atoms with Crippen LogP contribution in [0.5, 0.6) is 5.75 Å². The highest BCUT2D eigenvalue weighted by atomic mass is 32.2. The summed E-state index contributed by atoms with van der Waals surface area (Å²) in [7, 11) is -2.11. The number of carbonyl (C=O) groups is 1. The molecule has 0 radical (unpaired) electrons. The maximum absolute atomic E-state index is 13.8. The SMILES string of the molecule is CCCc1nn(C)c2c(=O)[nH]c(-c3cc(S(=O)(=O)N4CCC(CCC(=O)OCCN5CCCCC5)CC4)ccc3OCC)nc12. The van der Waals surface area contributed by atoms with Gasteiger partial charge >= 0.3 is 5.97 Å². The molecule has 0 saturated carbocycles. The van der Waals surface area contributed by atoms with E-state index in [0.717, 1.165) is 31.7 Å². The summed E-state index contributed by atoms with van der Waals surface area (Å²) in [6.07, 6.45) is 7.61. The number of fused-ring (bicyclic) bond motifs is 1. The van der Waals surface area contributed by atoms with Crippen molar-refractivity contribution in [3.05, 3.63) is 34.2 Å². The molecule has 0 amide bonds. The minimum absolute atomic E-state index is 0.111. The van der Waals surface area contributed by atoms with Crippen LogP contribution in [0.3, 0.4) is 0 Å². The number of hydrogen-bond acceptors (Lipinski definition) is 9. The molecule has 2 aromatic heterocycles. The van der Waals surface area contributed by atoms with Gasteiger partial charge in [0.1, 0.15) is 23.7 Å². The Bertz CT molecular complexity index is 1640. The third-order valence-electron chi connectivity index (χ3n) is 8.84.